The largest absolute Gasteiger partial charge is 0.295 e. The Hall–Kier alpha value is -0.130. The number of rotatable bonds is 4. The van der Waals surface area contributed by atoms with Crippen molar-refractivity contribution in [3.8, 4) is 12.3 Å². The van der Waals surface area contributed by atoms with Crippen LogP contribution in [0.3, 0.4) is 0 Å². The average molecular weight is 143 g/mol. The van der Waals surface area contributed by atoms with Crippen molar-refractivity contribution in [2.75, 3.05) is 32.1 Å². The molecule has 0 N–H and O–H groups in total. The molecule has 0 saturated carbocycles. The van der Waals surface area contributed by atoms with Gasteiger partial charge >= 0.3 is 0 Å². The second-order valence-electron chi connectivity index (χ2n) is 1.93. The molecule has 9 heavy (non-hydrogen) atoms. The van der Waals surface area contributed by atoms with Crippen molar-refractivity contribution in [3.05, 3.63) is 0 Å². The normalized spacial score (nSPS) is 9.56. The lowest BCUT2D eigenvalue weighted by Crippen LogP contribution is -2.21. The van der Waals surface area contributed by atoms with Gasteiger partial charge in [0.25, 0.3) is 0 Å². The molecule has 2 heteroatoms. The molecule has 0 radical (unpaired) electrons. The molecular weight excluding hydrogens is 130 g/mol. The van der Waals surface area contributed by atoms with E-state index in [0.29, 0.717) is 0 Å². The van der Waals surface area contributed by atoms with Gasteiger partial charge in [0.05, 0.1) is 6.54 Å². The van der Waals surface area contributed by atoms with Gasteiger partial charge in [0.1, 0.15) is 0 Å². The molecule has 52 valence electrons. The lowest BCUT2D eigenvalue weighted by molar-refractivity contribution is 0.402. The molecule has 0 aliphatic heterocycles. The SMILES string of the molecule is C#CCN(C)CCSC. The van der Waals surface area contributed by atoms with Gasteiger partial charge in [-0.2, -0.15) is 11.8 Å². The average Bonchev–Trinajstić information content (AvgIpc) is 1.85. The Morgan fingerprint density at radius 2 is 2.33 bits per heavy atom. The number of hydrogen-bond acceptors (Lipinski definition) is 2. The minimum Gasteiger partial charge on any atom is -0.295 e. The summed E-state index contributed by atoms with van der Waals surface area (Å²) in [5.74, 6) is 3.76. The monoisotopic (exact) mass is 143 g/mol. The van der Waals surface area contributed by atoms with E-state index in [9.17, 15) is 0 Å². The third-order valence-electron chi connectivity index (χ3n) is 1.04. The van der Waals surface area contributed by atoms with Crippen molar-refractivity contribution in [1.82, 2.24) is 4.90 Å². The Bertz CT molecular complexity index is 95.6. The summed E-state index contributed by atoms with van der Waals surface area (Å²) >= 11 is 1.85. The molecule has 0 aliphatic carbocycles. The lowest BCUT2D eigenvalue weighted by atomic mass is 10.5. The highest BCUT2D eigenvalue weighted by atomic mass is 32.2. The van der Waals surface area contributed by atoms with Gasteiger partial charge in [-0.1, -0.05) is 5.92 Å². The van der Waals surface area contributed by atoms with E-state index in [0.717, 1.165) is 18.8 Å². The van der Waals surface area contributed by atoms with Gasteiger partial charge in [0.15, 0.2) is 0 Å². The van der Waals surface area contributed by atoms with E-state index < -0.39 is 0 Å². The van der Waals surface area contributed by atoms with Crippen molar-refractivity contribution in [1.29, 1.82) is 0 Å². The van der Waals surface area contributed by atoms with Crippen LogP contribution in [-0.4, -0.2) is 37.0 Å². The maximum atomic E-state index is 5.10. The Morgan fingerprint density at radius 3 is 2.78 bits per heavy atom. The van der Waals surface area contributed by atoms with Crippen molar-refractivity contribution in [2.24, 2.45) is 0 Å². The number of nitrogens with zero attached hydrogens (tertiary/aromatic N) is 1. The van der Waals surface area contributed by atoms with Gasteiger partial charge in [0.2, 0.25) is 0 Å². The minimum atomic E-state index is 0.764. The Morgan fingerprint density at radius 1 is 1.67 bits per heavy atom. The van der Waals surface area contributed by atoms with Gasteiger partial charge < -0.3 is 0 Å². The molecule has 1 nitrogen and oxygen atoms in total. The first-order chi connectivity index (χ1) is 4.31. The molecule has 0 aliphatic rings. The minimum absolute atomic E-state index is 0.764. The second-order valence-corrected chi connectivity index (χ2v) is 2.92. The zero-order valence-corrected chi connectivity index (χ0v) is 6.87. The summed E-state index contributed by atoms with van der Waals surface area (Å²) in [5.41, 5.74) is 0. The molecule has 0 spiro atoms. The molecule has 0 atom stereocenters. The van der Waals surface area contributed by atoms with Gasteiger partial charge in [-0.15, -0.1) is 6.42 Å². The predicted octanol–water partition coefficient (Wildman–Crippen LogP) is 0.914. The summed E-state index contributed by atoms with van der Waals surface area (Å²) in [6.07, 6.45) is 7.20. The van der Waals surface area contributed by atoms with Crippen LogP contribution in [0, 0.1) is 12.3 Å². The summed E-state index contributed by atoms with van der Waals surface area (Å²) in [6, 6.07) is 0. The molecular formula is C7H13NS. The summed E-state index contributed by atoms with van der Waals surface area (Å²) in [5, 5.41) is 0. The van der Waals surface area contributed by atoms with Crippen molar-refractivity contribution < 1.29 is 0 Å². The smallest absolute Gasteiger partial charge is 0.0596 e. The van der Waals surface area contributed by atoms with E-state index in [4.69, 9.17) is 6.42 Å². The van der Waals surface area contributed by atoms with E-state index in [1.54, 1.807) is 0 Å². The van der Waals surface area contributed by atoms with Crippen LogP contribution >= 0.6 is 11.8 Å². The highest BCUT2D eigenvalue weighted by molar-refractivity contribution is 7.98. The molecule has 0 aromatic carbocycles. The van der Waals surface area contributed by atoms with E-state index in [1.807, 2.05) is 18.8 Å². The quantitative estimate of drug-likeness (QED) is 0.538. The van der Waals surface area contributed by atoms with Crippen LogP contribution in [0.5, 0.6) is 0 Å². The van der Waals surface area contributed by atoms with Crippen LogP contribution < -0.4 is 0 Å². The number of hydrogen-bond donors (Lipinski definition) is 0. The van der Waals surface area contributed by atoms with Crippen molar-refractivity contribution in [3.63, 3.8) is 0 Å². The molecule has 0 aromatic heterocycles. The predicted molar refractivity (Wildman–Crippen MR) is 44.7 cm³/mol. The second kappa shape index (κ2) is 6.00. The maximum Gasteiger partial charge on any atom is 0.0596 e. The van der Waals surface area contributed by atoms with Crippen LogP contribution in [0.15, 0.2) is 0 Å². The summed E-state index contributed by atoms with van der Waals surface area (Å²) in [7, 11) is 2.04. The van der Waals surface area contributed by atoms with E-state index in [1.165, 1.54) is 0 Å². The first-order valence-electron chi connectivity index (χ1n) is 2.92. The first kappa shape index (κ1) is 8.87. The molecule has 0 unspecified atom stereocenters. The van der Waals surface area contributed by atoms with E-state index in [2.05, 4.69) is 17.1 Å². The number of thioether (sulfide) groups is 1. The topological polar surface area (TPSA) is 3.24 Å². The Kier molecular flexibility index (Phi) is 5.91. The molecule has 0 amide bonds. The van der Waals surface area contributed by atoms with Crippen molar-refractivity contribution in [2.45, 2.75) is 0 Å². The fourth-order valence-corrected chi connectivity index (χ4v) is 0.976. The maximum absolute atomic E-state index is 5.10. The summed E-state index contributed by atoms with van der Waals surface area (Å²) in [4.78, 5) is 2.14. The Labute approximate surface area is 61.8 Å². The van der Waals surface area contributed by atoms with Crippen LogP contribution in [0.1, 0.15) is 0 Å². The van der Waals surface area contributed by atoms with Crippen molar-refractivity contribution >= 4 is 11.8 Å². The standard InChI is InChI=1S/C7H13NS/c1-4-5-8(2)6-7-9-3/h1H,5-7H2,2-3H3. The number of terminal acetylenes is 1. The third kappa shape index (κ3) is 5.75. The van der Waals surface area contributed by atoms with Crippen LogP contribution in [0.2, 0.25) is 0 Å². The summed E-state index contributed by atoms with van der Waals surface area (Å²) in [6.45, 7) is 1.85. The van der Waals surface area contributed by atoms with Gasteiger partial charge in [-0.05, 0) is 13.3 Å². The van der Waals surface area contributed by atoms with E-state index >= 15 is 0 Å². The molecule has 0 bridgehead atoms. The fourth-order valence-electron chi connectivity index (χ4n) is 0.482. The summed E-state index contributed by atoms with van der Waals surface area (Å²) < 4.78 is 0. The van der Waals surface area contributed by atoms with Crippen LogP contribution in [-0.2, 0) is 0 Å². The Balaban J connectivity index is 3.08. The van der Waals surface area contributed by atoms with Gasteiger partial charge in [-0.25, -0.2) is 0 Å². The zero-order valence-electron chi connectivity index (χ0n) is 6.05. The highest BCUT2D eigenvalue weighted by Gasteiger charge is 1.91. The molecule has 0 fully saturated rings. The molecule has 0 rings (SSSR count). The van der Waals surface area contributed by atoms with Crippen LogP contribution in [0.25, 0.3) is 0 Å². The fraction of sp³-hybridized carbons (Fsp3) is 0.714. The zero-order chi connectivity index (χ0) is 7.11. The molecule has 0 aromatic rings. The first-order valence-corrected chi connectivity index (χ1v) is 4.31. The van der Waals surface area contributed by atoms with E-state index in [-0.39, 0.29) is 0 Å². The lowest BCUT2D eigenvalue weighted by Gasteiger charge is -2.10. The van der Waals surface area contributed by atoms with Gasteiger partial charge in [0, 0.05) is 12.3 Å². The highest BCUT2D eigenvalue weighted by Crippen LogP contribution is 1.91. The molecule has 0 heterocycles. The van der Waals surface area contributed by atoms with Crippen LogP contribution in [0.4, 0.5) is 0 Å². The molecule has 0 saturated heterocycles. The third-order valence-corrected chi connectivity index (χ3v) is 1.63. The van der Waals surface area contributed by atoms with Gasteiger partial charge in [-0.3, -0.25) is 4.90 Å².